The lowest BCUT2D eigenvalue weighted by molar-refractivity contribution is -0.395. The number of non-ortho nitro benzene ring substituents is 1. The number of aliphatic hydroxyl groups excluding tert-OH is 1. The van der Waals surface area contributed by atoms with Crippen LogP contribution in [0.2, 0.25) is 0 Å². The van der Waals surface area contributed by atoms with Gasteiger partial charge in [0.2, 0.25) is 0 Å². The molecule has 0 aliphatic heterocycles. The molecule has 0 aromatic heterocycles. The molecule has 0 amide bonds. The van der Waals surface area contributed by atoms with Crippen LogP contribution in [0.5, 0.6) is 5.75 Å². The summed E-state index contributed by atoms with van der Waals surface area (Å²) in [7, 11) is 0. The smallest absolute Gasteiger partial charge is 0.381 e. The Labute approximate surface area is 148 Å². The Bertz CT molecular complexity index is 772. The van der Waals surface area contributed by atoms with Gasteiger partial charge in [-0.3, -0.25) is 20.2 Å². The molecule has 158 valence electrons. The zero-order valence-corrected chi connectivity index (χ0v) is 13.1. The number of hydrogen-bond donors (Lipinski definition) is 1. The minimum atomic E-state index is -6.75. The number of ether oxygens (including phenoxy) is 1. The molecule has 0 heterocycles. The third kappa shape index (κ3) is 3.90. The van der Waals surface area contributed by atoms with Crippen LogP contribution in [0.4, 0.5) is 46.5 Å². The maximum absolute atomic E-state index is 13.5. The molecule has 1 rings (SSSR count). The fourth-order valence-electron chi connectivity index (χ4n) is 1.70. The molecule has 1 aromatic rings. The number of alkyl halides is 8. The van der Waals surface area contributed by atoms with E-state index < -0.39 is 63.9 Å². The average Bonchev–Trinajstić information content (AvgIpc) is 2.58. The first kappa shape index (κ1) is 23.3. The second-order valence-corrected chi connectivity index (χ2v) is 5.17. The van der Waals surface area contributed by atoms with Crippen molar-refractivity contribution in [3.05, 3.63) is 38.4 Å². The number of nitrogens with zero attached hydrogens (tertiary/aromatic N) is 2. The van der Waals surface area contributed by atoms with Crippen molar-refractivity contribution in [3.63, 3.8) is 0 Å². The topological polar surface area (TPSA) is 116 Å². The Balaban J connectivity index is 3.21. The lowest BCUT2D eigenvalue weighted by Gasteiger charge is -2.35. The van der Waals surface area contributed by atoms with Crippen LogP contribution in [0.15, 0.2) is 18.2 Å². The molecule has 1 aromatic carbocycles. The van der Waals surface area contributed by atoms with Crippen molar-refractivity contribution in [1.82, 2.24) is 0 Å². The maximum atomic E-state index is 13.5. The highest BCUT2D eigenvalue weighted by atomic mass is 19.4. The maximum Gasteiger partial charge on any atom is 0.381 e. The van der Waals surface area contributed by atoms with Crippen molar-refractivity contribution in [3.8, 4) is 5.75 Å². The first-order chi connectivity index (χ1) is 12.5. The summed E-state index contributed by atoms with van der Waals surface area (Å²) in [5.41, 5.74) is -2.26. The number of aliphatic hydroxyl groups is 1. The normalized spacial score (nSPS) is 13.3. The third-order valence-corrected chi connectivity index (χ3v) is 3.27. The minimum Gasteiger partial charge on any atom is -0.480 e. The predicted octanol–water partition coefficient (Wildman–Crippen LogP) is 3.42. The molecule has 0 unspecified atom stereocenters. The van der Waals surface area contributed by atoms with Gasteiger partial charge < -0.3 is 9.84 Å². The van der Waals surface area contributed by atoms with E-state index in [1.165, 1.54) is 0 Å². The van der Waals surface area contributed by atoms with E-state index in [4.69, 9.17) is 5.11 Å². The molecule has 0 aliphatic rings. The van der Waals surface area contributed by atoms with E-state index in [0.717, 1.165) is 0 Å². The number of rotatable bonds is 9. The van der Waals surface area contributed by atoms with Crippen LogP contribution in [0.1, 0.15) is 0 Å². The number of nitro benzene ring substituents is 2. The zero-order valence-electron chi connectivity index (χ0n) is 13.1. The molecule has 0 saturated carbocycles. The summed E-state index contributed by atoms with van der Waals surface area (Å²) in [6.07, 6.45) is 0. The van der Waals surface area contributed by atoms with E-state index in [2.05, 4.69) is 4.74 Å². The summed E-state index contributed by atoms with van der Waals surface area (Å²) in [6.45, 7) is -5.60. The molecule has 0 saturated heterocycles. The number of benzene rings is 1. The average molecular weight is 428 g/mol. The highest BCUT2D eigenvalue weighted by Gasteiger charge is 2.80. The van der Waals surface area contributed by atoms with Crippen molar-refractivity contribution < 1.29 is 54.8 Å². The molecule has 1 N–H and O–H groups in total. The molecule has 28 heavy (non-hydrogen) atoms. The predicted molar refractivity (Wildman–Crippen MR) is 72.1 cm³/mol. The van der Waals surface area contributed by atoms with Gasteiger partial charge in [-0.1, -0.05) is 0 Å². The number of hydrogen-bond acceptors (Lipinski definition) is 6. The second-order valence-electron chi connectivity index (χ2n) is 5.17. The Hall–Kier alpha value is -2.78. The van der Waals surface area contributed by atoms with Gasteiger partial charge in [0.15, 0.2) is 12.4 Å². The Kier molecular flexibility index (Phi) is 6.09. The first-order valence-electron chi connectivity index (χ1n) is 6.69. The second kappa shape index (κ2) is 7.33. The van der Waals surface area contributed by atoms with Crippen LogP contribution < -0.4 is 4.74 Å². The monoisotopic (exact) mass is 428 g/mol. The molecular weight excluding hydrogens is 420 g/mol. The molecule has 16 heteroatoms. The van der Waals surface area contributed by atoms with Crippen LogP contribution in [0.3, 0.4) is 0 Å². The Morgan fingerprint density at radius 3 is 1.82 bits per heavy atom. The first-order valence-corrected chi connectivity index (χ1v) is 6.69. The molecule has 0 aliphatic carbocycles. The van der Waals surface area contributed by atoms with Crippen molar-refractivity contribution in [2.24, 2.45) is 0 Å². The number of nitro groups is 2. The van der Waals surface area contributed by atoms with E-state index in [1.807, 2.05) is 0 Å². The van der Waals surface area contributed by atoms with Crippen LogP contribution in [-0.2, 0) is 0 Å². The van der Waals surface area contributed by atoms with Crippen molar-refractivity contribution in [2.75, 3.05) is 13.2 Å². The lowest BCUT2D eigenvalue weighted by Crippen LogP contribution is -2.64. The minimum absolute atomic E-state index is 0.208. The highest BCUT2D eigenvalue weighted by molar-refractivity contribution is 5.53. The fourth-order valence-corrected chi connectivity index (χ4v) is 1.70. The summed E-state index contributed by atoms with van der Waals surface area (Å²) in [5, 5.41) is 29.4. The fraction of sp³-hybridized carbons (Fsp3) is 0.500. The summed E-state index contributed by atoms with van der Waals surface area (Å²) in [5.74, 6) is -26.6. The van der Waals surface area contributed by atoms with Gasteiger partial charge in [-0.15, -0.1) is 0 Å². The van der Waals surface area contributed by atoms with Crippen molar-refractivity contribution in [2.45, 2.75) is 23.7 Å². The van der Waals surface area contributed by atoms with E-state index in [-0.39, 0.29) is 6.07 Å². The van der Waals surface area contributed by atoms with Gasteiger partial charge in [0.1, 0.15) is 6.61 Å². The third-order valence-electron chi connectivity index (χ3n) is 3.27. The summed E-state index contributed by atoms with van der Waals surface area (Å²) >= 11 is 0. The van der Waals surface area contributed by atoms with Crippen LogP contribution in [0, 0.1) is 20.2 Å². The molecule has 0 spiro atoms. The standard InChI is InChI=1S/C12H8F8N2O6/c13-9(14,4-23)11(17,18)12(19,20)10(15,16)5-28-8-2-1-6(21(24)25)3-7(8)22(26)27/h1-3,23H,4-5H2. The zero-order chi connectivity index (χ0) is 22.1. The Morgan fingerprint density at radius 1 is 0.893 bits per heavy atom. The van der Waals surface area contributed by atoms with Gasteiger partial charge in [-0.05, 0) is 6.07 Å². The van der Waals surface area contributed by atoms with E-state index in [0.29, 0.717) is 12.1 Å². The van der Waals surface area contributed by atoms with E-state index >= 15 is 0 Å². The van der Waals surface area contributed by atoms with Gasteiger partial charge >= 0.3 is 29.4 Å². The summed E-state index contributed by atoms with van der Waals surface area (Å²) < 4.78 is 110. The van der Waals surface area contributed by atoms with E-state index in [1.54, 1.807) is 0 Å². The molecule has 0 fully saturated rings. The molecule has 0 bridgehead atoms. The number of halogens is 8. The van der Waals surface area contributed by atoms with E-state index in [9.17, 15) is 55.4 Å². The van der Waals surface area contributed by atoms with Crippen molar-refractivity contribution >= 4 is 11.4 Å². The molecule has 8 nitrogen and oxygen atoms in total. The van der Waals surface area contributed by atoms with Gasteiger partial charge in [-0.2, -0.15) is 35.1 Å². The van der Waals surface area contributed by atoms with Gasteiger partial charge in [0.25, 0.3) is 5.69 Å². The SMILES string of the molecule is O=[N+]([O-])c1ccc(OCC(F)(F)C(F)(F)C(F)(F)C(F)(F)CO)c([N+](=O)[O-])c1. The van der Waals surface area contributed by atoms with Gasteiger partial charge in [0.05, 0.1) is 15.9 Å². The van der Waals surface area contributed by atoms with Crippen LogP contribution in [0.25, 0.3) is 0 Å². The van der Waals surface area contributed by atoms with Crippen LogP contribution in [-0.4, -0.2) is 51.9 Å². The molecule has 0 radical (unpaired) electrons. The van der Waals surface area contributed by atoms with Gasteiger partial charge in [-0.25, -0.2) is 0 Å². The van der Waals surface area contributed by atoms with Crippen LogP contribution >= 0.6 is 0 Å². The highest BCUT2D eigenvalue weighted by Crippen LogP contribution is 2.52. The Morgan fingerprint density at radius 2 is 1.39 bits per heavy atom. The summed E-state index contributed by atoms with van der Waals surface area (Å²) in [4.78, 5) is 18.8. The molecular formula is C12H8F8N2O6. The lowest BCUT2D eigenvalue weighted by atomic mass is 9.99. The van der Waals surface area contributed by atoms with Gasteiger partial charge in [0, 0.05) is 6.07 Å². The largest absolute Gasteiger partial charge is 0.480 e. The van der Waals surface area contributed by atoms with Crippen molar-refractivity contribution in [1.29, 1.82) is 0 Å². The summed E-state index contributed by atoms with van der Waals surface area (Å²) in [6, 6.07) is 1.05. The molecule has 0 atom stereocenters. The quantitative estimate of drug-likeness (QED) is 0.366.